The number of phenolic OH excluding ortho intramolecular Hbond substituents is 1. The number of Topliss-reactive ketones (excluding diaryl/α,β-unsaturated/α-hetero) is 2. The molecule has 0 spiro atoms. The molecule has 1 heterocycles. The van der Waals surface area contributed by atoms with Crippen LogP contribution in [0.2, 0.25) is 0 Å². The van der Waals surface area contributed by atoms with E-state index in [9.17, 15) is 14.7 Å². The molecule has 0 aromatic heterocycles. The molecule has 2 atom stereocenters. The van der Waals surface area contributed by atoms with Crippen molar-refractivity contribution in [2.75, 3.05) is 0 Å². The molecule has 5 heteroatoms. The summed E-state index contributed by atoms with van der Waals surface area (Å²) in [6.45, 7) is 4.14. The van der Waals surface area contributed by atoms with Crippen LogP contribution in [0, 0.1) is 11.3 Å². The van der Waals surface area contributed by atoms with Gasteiger partial charge in [-0.3, -0.25) is 14.6 Å². The first-order valence-electron chi connectivity index (χ1n) is 9.74. The normalized spacial score (nSPS) is 24.7. The van der Waals surface area contributed by atoms with Crippen molar-refractivity contribution >= 4 is 33.2 Å². The van der Waals surface area contributed by atoms with Gasteiger partial charge in [0, 0.05) is 44.8 Å². The lowest BCUT2D eigenvalue weighted by Crippen LogP contribution is -2.37. The second-order valence-electron chi connectivity index (χ2n) is 8.87. The number of benzene rings is 2. The van der Waals surface area contributed by atoms with Gasteiger partial charge in [-0.1, -0.05) is 54.0 Å². The van der Waals surface area contributed by atoms with E-state index in [1.54, 1.807) is 12.1 Å². The van der Waals surface area contributed by atoms with E-state index < -0.39 is 11.8 Å². The molecule has 0 bridgehead atoms. The van der Waals surface area contributed by atoms with Gasteiger partial charge in [-0.15, -0.1) is 0 Å². The molecule has 4 nitrogen and oxygen atoms in total. The molecule has 5 rings (SSSR count). The van der Waals surface area contributed by atoms with Crippen LogP contribution in [0.5, 0.6) is 5.75 Å². The second kappa shape index (κ2) is 6.23. The molecule has 3 aliphatic rings. The SMILES string of the molecule is CC1(C)CC(=O)C2=C(C1)N=C1c3ccccc3C(=O)C1C2c1cc(Br)ccc1O. The van der Waals surface area contributed by atoms with E-state index in [2.05, 4.69) is 29.8 Å². The van der Waals surface area contributed by atoms with Crippen LogP contribution >= 0.6 is 15.9 Å². The number of aromatic hydroxyl groups is 1. The van der Waals surface area contributed by atoms with Crippen LogP contribution in [0.3, 0.4) is 0 Å². The third-order valence-electron chi connectivity index (χ3n) is 6.17. The fourth-order valence-corrected chi connectivity index (χ4v) is 5.37. The molecule has 0 saturated carbocycles. The second-order valence-corrected chi connectivity index (χ2v) is 9.78. The average molecular weight is 450 g/mol. The fourth-order valence-electron chi connectivity index (χ4n) is 5.00. The molecule has 29 heavy (non-hydrogen) atoms. The molecule has 0 amide bonds. The summed E-state index contributed by atoms with van der Waals surface area (Å²) in [6.07, 6.45) is 1.09. The number of hydrogen-bond donors (Lipinski definition) is 1. The smallest absolute Gasteiger partial charge is 0.173 e. The minimum absolute atomic E-state index is 0.0205. The van der Waals surface area contributed by atoms with E-state index in [1.807, 2.05) is 30.3 Å². The largest absolute Gasteiger partial charge is 0.508 e. The minimum atomic E-state index is -0.587. The lowest BCUT2D eigenvalue weighted by atomic mass is 9.66. The number of allylic oxidation sites excluding steroid dienone is 2. The van der Waals surface area contributed by atoms with Gasteiger partial charge in [-0.25, -0.2) is 0 Å². The first kappa shape index (κ1) is 18.5. The number of fused-ring (bicyclic) bond motifs is 3. The highest BCUT2D eigenvalue weighted by molar-refractivity contribution is 9.10. The number of halogens is 1. The van der Waals surface area contributed by atoms with Crippen LogP contribution in [-0.4, -0.2) is 22.4 Å². The molecule has 2 aliphatic carbocycles. The summed E-state index contributed by atoms with van der Waals surface area (Å²) >= 11 is 3.47. The highest BCUT2D eigenvalue weighted by Crippen LogP contribution is 2.52. The monoisotopic (exact) mass is 449 g/mol. The Kier molecular flexibility index (Phi) is 3.97. The predicted molar refractivity (Wildman–Crippen MR) is 114 cm³/mol. The molecule has 1 aliphatic heterocycles. The zero-order valence-corrected chi connectivity index (χ0v) is 17.8. The van der Waals surface area contributed by atoms with Crippen molar-refractivity contribution < 1.29 is 14.7 Å². The zero-order chi connectivity index (χ0) is 20.5. The maximum absolute atomic E-state index is 13.4. The van der Waals surface area contributed by atoms with Crippen molar-refractivity contribution in [3.63, 3.8) is 0 Å². The van der Waals surface area contributed by atoms with Crippen LogP contribution in [0.25, 0.3) is 0 Å². The maximum Gasteiger partial charge on any atom is 0.173 e. The number of carbonyl (C=O) groups is 2. The van der Waals surface area contributed by atoms with Crippen molar-refractivity contribution in [3.8, 4) is 5.75 Å². The van der Waals surface area contributed by atoms with Gasteiger partial charge in [0.1, 0.15) is 5.75 Å². The van der Waals surface area contributed by atoms with Gasteiger partial charge < -0.3 is 5.11 Å². The number of hydrogen-bond acceptors (Lipinski definition) is 4. The van der Waals surface area contributed by atoms with Crippen molar-refractivity contribution in [3.05, 3.63) is 74.9 Å². The van der Waals surface area contributed by atoms with Crippen molar-refractivity contribution in [2.45, 2.75) is 32.6 Å². The van der Waals surface area contributed by atoms with Crippen molar-refractivity contribution in [2.24, 2.45) is 16.3 Å². The summed E-state index contributed by atoms with van der Waals surface area (Å²) in [6, 6.07) is 12.7. The van der Waals surface area contributed by atoms with E-state index in [1.165, 1.54) is 0 Å². The first-order valence-corrected chi connectivity index (χ1v) is 10.5. The van der Waals surface area contributed by atoms with Crippen molar-refractivity contribution in [1.29, 1.82) is 0 Å². The van der Waals surface area contributed by atoms with E-state index >= 15 is 0 Å². The first-order chi connectivity index (χ1) is 13.8. The van der Waals surface area contributed by atoms with Gasteiger partial charge in [0.25, 0.3) is 0 Å². The van der Waals surface area contributed by atoms with Crippen molar-refractivity contribution in [1.82, 2.24) is 0 Å². The average Bonchev–Trinajstić information content (AvgIpc) is 2.94. The standard InChI is InChI=1S/C24H20BrNO3/c1-24(2)10-16-20(18(28)11-24)19(15-9-12(25)7-8-17(15)27)21-22(26-16)13-5-3-4-6-14(13)23(21)29/h3-9,19,21,27H,10-11H2,1-2H3. The van der Waals surface area contributed by atoms with Gasteiger partial charge in [-0.05, 0) is 30.0 Å². The van der Waals surface area contributed by atoms with Gasteiger partial charge >= 0.3 is 0 Å². The maximum atomic E-state index is 13.4. The van der Waals surface area contributed by atoms with Crippen LogP contribution < -0.4 is 0 Å². The number of ketones is 2. The highest BCUT2D eigenvalue weighted by Gasteiger charge is 2.50. The quantitative estimate of drug-likeness (QED) is 0.650. The Bertz CT molecular complexity index is 1160. The van der Waals surface area contributed by atoms with Crippen LogP contribution in [0.4, 0.5) is 0 Å². The van der Waals surface area contributed by atoms with E-state index in [4.69, 9.17) is 4.99 Å². The fraction of sp³-hybridized carbons (Fsp3) is 0.292. The molecule has 2 aromatic carbocycles. The summed E-state index contributed by atoms with van der Waals surface area (Å²) in [4.78, 5) is 31.6. The predicted octanol–water partition coefficient (Wildman–Crippen LogP) is 5.20. The molecule has 0 radical (unpaired) electrons. The summed E-state index contributed by atoms with van der Waals surface area (Å²) in [5, 5.41) is 10.7. The topological polar surface area (TPSA) is 66.7 Å². The van der Waals surface area contributed by atoms with Gasteiger partial charge in [0.05, 0.1) is 11.6 Å². The Balaban J connectivity index is 1.80. The number of aliphatic imine (C=N–C) groups is 1. The molecular weight excluding hydrogens is 430 g/mol. The molecule has 2 unspecified atom stereocenters. The van der Waals surface area contributed by atoms with E-state index in [0.29, 0.717) is 29.5 Å². The van der Waals surface area contributed by atoms with E-state index in [-0.39, 0.29) is 22.7 Å². The van der Waals surface area contributed by atoms with E-state index in [0.717, 1.165) is 21.4 Å². The number of carbonyl (C=O) groups excluding carboxylic acids is 2. The third-order valence-corrected chi connectivity index (χ3v) is 6.66. The summed E-state index contributed by atoms with van der Waals surface area (Å²) < 4.78 is 0.795. The number of nitrogens with zero attached hydrogens (tertiary/aromatic N) is 1. The highest BCUT2D eigenvalue weighted by atomic mass is 79.9. The Labute approximate surface area is 177 Å². The Hall–Kier alpha value is -2.53. The number of rotatable bonds is 1. The van der Waals surface area contributed by atoms with Gasteiger partial charge in [-0.2, -0.15) is 0 Å². The van der Waals surface area contributed by atoms with Crippen LogP contribution in [0.1, 0.15) is 54.1 Å². The summed E-state index contributed by atoms with van der Waals surface area (Å²) in [7, 11) is 0. The third kappa shape index (κ3) is 2.75. The lowest BCUT2D eigenvalue weighted by Gasteiger charge is -2.38. The molecule has 0 fully saturated rings. The van der Waals surface area contributed by atoms with Crippen LogP contribution in [0.15, 0.2) is 63.2 Å². The summed E-state index contributed by atoms with van der Waals surface area (Å²) in [5.41, 5.74) is 3.96. The molecule has 0 saturated heterocycles. The van der Waals surface area contributed by atoms with Gasteiger partial charge in [0.15, 0.2) is 11.6 Å². The Morgan fingerprint density at radius 3 is 2.52 bits per heavy atom. The van der Waals surface area contributed by atoms with Gasteiger partial charge in [0.2, 0.25) is 0 Å². The lowest BCUT2D eigenvalue weighted by molar-refractivity contribution is -0.118. The molecule has 146 valence electrons. The zero-order valence-electron chi connectivity index (χ0n) is 16.2. The molecule has 2 aromatic rings. The Morgan fingerprint density at radius 1 is 1.03 bits per heavy atom. The minimum Gasteiger partial charge on any atom is -0.508 e. The Morgan fingerprint density at radius 2 is 1.76 bits per heavy atom. The molecular formula is C24H20BrNO3. The molecule has 1 N–H and O–H groups in total. The van der Waals surface area contributed by atoms with Crippen LogP contribution in [-0.2, 0) is 4.79 Å². The number of phenols is 1. The summed E-state index contributed by atoms with van der Waals surface area (Å²) in [5.74, 6) is -1.04.